The summed E-state index contributed by atoms with van der Waals surface area (Å²) in [4.78, 5) is 27.1. The lowest BCUT2D eigenvalue weighted by atomic mass is 10.1. The van der Waals surface area contributed by atoms with Gasteiger partial charge in [0.05, 0.1) is 22.5 Å². The van der Waals surface area contributed by atoms with Crippen LogP contribution in [0.2, 0.25) is 0 Å². The first kappa shape index (κ1) is 15.7. The molecule has 0 aliphatic carbocycles. The van der Waals surface area contributed by atoms with Crippen LogP contribution in [0.3, 0.4) is 0 Å². The van der Waals surface area contributed by atoms with Crippen LogP contribution in [0.15, 0.2) is 42.5 Å². The number of carbonyl (C=O) groups is 1. The average molecular weight is 324 g/mol. The summed E-state index contributed by atoms with van der Waals surface area (Å²) in [5.74, 6) is 0.447. The Kier molecular flexibility index (Phi) is 3.99. The van der Waals surface area contributed by atoms with E-state index in [0.29, 0.717) is 11.1 Å². The molecule has 0 radical (unpaired) electrons. The number of nitro benzene ring substituents is 1. The first-order valence-electron chi connectivity index (χ1n) is 7.41. The van der Waals surface area contributed by atoms with Gasteiger partial charge in [0.1, 0.15) is 5.82 Å². The second-order valence-corrected chi connectivity index (χ2v) is 5.52. The maximum Gasteiger partial charge on any atom is 0.272 e. The maximum atomic E-state index is 12.3. The fourth-order valence-corrected chi connectivity index (χ4v) is 2.62. The van der Waals surface area contributed by atoms with E-state index in [4.69, 9.17) is 0 Å². The zero-order valence-corrected chi connectivity index (χ0v) is 13.3. The standard InChI is InChI=1S/C17H16N4O3/c1-11-9-12(7-8-14(11)21(23)24)17(22)18-10-16-19-13-5-3-4-6-15(13)20(16)2/h3-9H,10H2,1-2H3,(H,18,22). The maximum absolute atomic E-state index is 12.3. The van der Waals surface area contributed by atoms with Crippen molar-refractivity contribution in [3.05, 3.63) is 69.5 Å². The Morgan fingerprint density at radius 1 is 1.29 bits per heavy atom. The predicted molar refractivity (Wildman–Crippen MR) is 89.7 cm³/mol. The van der Waals surface area contributed by atoms with Crippen molar-refractivity contribution in [1.82, 2.24) is 14.9 Å². The molecule has 0 aliphatic heterocycles. The minimum atomic E-state index is -0.462. The van der Waals surface area contributed by atoms with Crippen LogP contribution >= 0.6 is 0 Å². The molecule has 0 fully saturated rings. The van der Waals surface area contributed by atoms with E-state index in [0.717, 1.165) is 16.9 Å². The highest BCUT2D eigenvalue weighted by atomic mass is 16.6. The van der Waals surface area contributed by atoms with E-state index in [1.807, 2.05) is 35.9 Å². The molecule has 1 aromatic heterocycles. The van der Waals surface area contributed by atoms with Crippen molar-refractivity contribution in [2.45, 2.75) is 13.5 Å². The Labute approximate surface area is 138 Å². The number of fused-ring (bicyclic) bond motifs is 1. The Balaban J connectivity index is 1.76. The lowest BCUT2D eigenvalue weighted by Crippen LogP contribution is -2.24. The van der Waals surface area contributed by atoms with Crippen molar-refractivity contribution in [3.8, 4) is 0 Å². The lowest BCUT2D eigenvalue weighted by Gasteiger charge is -2.06. The fraction of sp³-hybridized carbons (Fsp3) is 0.176. The van der Waals surface area contributed by atoms with Gasteiger partial charge >= 0.3 is 0 Å². The predicted octanol–water partition coefficient (Wildman–Crippen LogP) is 2.72. The number of hydrogen-bond acceptors (Lipinski definition) is 4. The van der Waals surface area contributed by atoms with Crippen LogP contribution in [0, 0.1) is 17.0 Å². The fourth-order valence-electron chi connectivity index (χ4n) is 2.62. The van der Waals surface area contributed by atoms with Gasteiger partial charge in [0.15, 0.2) is 0 Å². The van der Waals surface area contributed by atoms with Gasteiger partial charge in [0.25, 0.3) is 11.6 Å². The summed E-state index contributed by atoms with van der Waals surface area (Å²) in [5.41, 5.74) is 2.71. The first-order valence-corrected chi connectivity index (χ1v) is 7.41. The molecule has 0 unspecified atom stereocenters. The van der Waals surface area contributed by atoms with E-state index in [9.17, 15) is 14.9 Å². The Morgan fingerprint density at radius 3 is 2.71 bits per heavy atom. The number of imidazole rings is 1. The second kappa shape index (κ2) is 6.11. The normalized spacial score (nSPS) is 10.8. The third-order valence-electron chi connectivity index (χ3n) is 3.94. The number of aromatic nitrogens is 2. The molecule has 0 atom stereocenters. The molecule has 7 nitrogen and oxygen atoms in total. The first-order chi connectivity index (χ1) is 11.5. The van der Waals surface area contributed by atoms with Gasteiger partial charge in [-0.1, -0.05) is 12.1 Å². The molecular weight excluding hydrogens is 308 g/mol. The van der Waals surface area contributed by atoms with Gasteiger partial charge in [0, 0.05) is 24.2 Å². The monoisotopic (exact) mass is 324 g/mol. The summed E-state index contributed by atoms with van der Waals surface area (Å²) < 4.78 is 1.93. The van der Waals surface area contributed by atoms with Crippen LogP contribution in [0.1, 0.15) is 21.7 Å². The van der Waals surface area contributed by atoms with Crippen molar-refractivity contribution >= 4 is 22.6 Å². The number of aryl methyl sites for hydroxylation is 2. The minimum absolute atomic E-state index is 0.00176. The lowest BCUT2D eigenvalue weighted by molar-refractivity contribution is -0.385. The van der Waals surface area contributed by atoms with Gasteiger partial charge < -0.3 is 9.88 Å². The molecule has 0 saturated heterocycles. The summed E-state index contributed by atoms with van der Waals surface area (Å²) in [5, 5.41) is 13.6. The van der Waals surface area contributed by atoms with Crippen molar-refractivity contribution in [3.63, 3.8) is 0 Å². The summed E-state index contributed by atoms with van der Waals surface area (Å²) in [7, 11) is 1.90. The number of benzene rings is 2. The zero-order valence-electron chi connectivity index (χ0n) is 13.3. The van der Waals surface area contributed by atoms with Crippen LogP contribution in [0.4, 0.5) is 5.69 Å². The molecular formula is C17H16N4O3. The van der Waals surface area contributed by atoms with Gasteiger partial charge in [-0.05, 0) is 31.2 Å². The molecule has 1 N–H and O–H groups in total. The second-order valence-electron chi connectivity index (χ2n) is 5.52. The van der Waals surface area contributed by atoms with E-state index in [2.05, 4.69) is 10.3 Å². The number of amides is 1. The summed E-state index contributed by atoms with van der Waals surface area (Å²) >= 11 is 0. The molecule has 122 valence electrons. The van der Waals surface area contributed by atoms with Gasteiger partial charge in [-0.25, -0.2) is 4.98 Å². The Morgan fingerprint density at radius 2 is 2.04 bits per heavy atom. The molecule has 24 heavy (non-hydrogen) atoms. The van der Waals surface area contributed by atoms with Crippen molar-refractivity contribution in [2.24, 2.45) is 7.05 Å². The molecule has 1 amide bonds. The molecule has 0 saturated carbocycles. The number of carbonyl (C=O) groups excluding carboxylic acids is 1. The van der Waals surface area contributed by atoms with Crippen molar-refractivity contribution in [2.75, 3.05) is 0 Å². The van der Waals surface area contributed by atoms with Gasteiger partial charge in [0.2, 0.25) is 0 Å². The topological polar surface area (TPSA) is 90.1 Å². The van der Waals surface area contributed by atoms with Crippen LogP contribution in [0.5, 0.6) is 0 Å². The van der Waals surface area contributed by atoms with E-state index in [-0.39, 0.29) is 18.1 Å². The Bertz CT molecular complexity index is 946. The van der Waals surface area contributed by atoms with E-state index in [1.165, 1.54) is 18.2 Å². The van der Waals surface area contributed by atoms with Crippen LogP contribution in [0.25, 0.3) is 11.0 Å². The summed E-state index contributed by atoms with van der Waals surface area (Å²) in [6.07, 6.45) is 0. The largest absolute Gasteiger partial charge is 0.345 e. The SMILES string of the molecule is Cc1cc(C(=O)NCc2nc3ccccc3n2C)ccc1[N+](=O)[O-]. The molecule has 0 spiro atoms. The van der Waals surface area contributed by atoms with E-state index >= 15 is 0 Å². The molecule has 0 aliphatic rings. The van der Waals surface area contributed by atoms with Crippen molar-refractivity contribution < 1.29 is 9.72 Å². The highest BCUT2D eigenvalue weighted by Crippen LogP contribution is 2.19. The molecule has 7 heteroatoms. The average Bonchev–Trinajstić information content (AvgIpc) is 2.88. The third kappa shape index (κ3) is 2.83. The summed E-state index contributed by atoms with van der Waals surface area (Å²) in [6.45, 7) is 1.89. The van der Waals surface area contributed by atoms with Gasteiger partial charge in [-0.3, -0.25) is 14.9 Å². The van der Waals surface area contributed by atoms with E-state index < -0.39 is 4.92 Å². The molecule has 1 heterocycles. The number of nitrogens with zero attached hydrogens (tertiary/aromatic N) is 3. The van der Waals surface area contributed by atoms with Gasteiger partial charge in [-0.2, -0.15) is 0 Å². The van der Waals surface area contributed by atoms with Crippen LogP contribution in [-0.4, -0.2) is 20.4 Å². The Hall–Kier alpha value is -3.22. The number of nitro groups is 1. The van der Waals surface area contributed by atoms with E-state index in [1.54, 1.807) is 6.92 Å². The molecule has 0 bridgehead atoms. The zero-order chi connectivity index (χ0) is 17.3. The highest BCUT2D eigenvalue weighted by molar-refractivity contribution is 5.94. The minimum Gasteiger partial charge on any atom is -0.345 e. The summed E-state index contributed by atoms with van der Waals surface area (Å²) in [6, 6.07) is 12.0. The van der Waals surface area contributed by atoms with Crippen LogP contribution < -0.4 is 5.32 Å². The van der Waals surface area contributed by atoms with Gasteiger partial charge in [-0.15, -0.1) is 0 Å². The molecule has 2 aromatic carbocycles. The smallest absolute Gasteiger partial charge is 0.272 e. The molecule has 3 rings (SSSR count). The van der Waals surface area contributed by atoms with Crippen molar-refractivity contribution in [1.29, 1.82) is 0 Å². The quantitative estimate of drug-likeness (QED) is 0.590. The number of rotatable bonds is 4. The number of hydrogen-bond donors (Lipinski definition) is 1. The highest BCUT2D eigenvalue weighted by Gasteiger charge is 2.14. The van der Waals surface area contributed by atoms with Crippen LogP contribution in [-0.2, 0) is 13.6 Å². The molecule has 3 aromatic rings. The third-order valence-corrected chi connectivity index (χ3v) is 3.94. The number of nitrogens with one attached hydrogen (secondary N) is 1. The number of para-hydroxylation sites is 2.